The van der Waals surface area contributed by atoms with E-state index < -0.39 is 39.1 Å². The molecule has 2 aromatic carbocycles. The first-order chi connectivity index (χ1) is 14.1. The van der Waals surface area contributed by atoms with Crippen LogP contribution in [0.5, 0.6) is 0 Å². The Bertz CT molecular complexity index is 1130. The number of benzene rings is 2. The molecule has 0 saturated heterocycles. The summed E-state index contributed by atoms with van der Waals surface area (Å²) >= 11 is 0. The minimum absolute atomic E-state index is 0.356. The molecule has 1 aromatic heterocycles. The SMILES string of the molecule is O=C(CNS(=O)(=O)c1cccc(C(F)(F)F)c1)Nc1cnn(Cc2ccccc2)c1. The Morgan fingerprint density at radius 1 is 1.07 bits per heavy atom. The molecular weight excluding hydrogens is 421 g/mol. The van der Waals surface area contributed by atoms with Crippen molar-refractivity contribution in [3.05, 3.63) is 78.1 Å². The van der Waals surface area contributed by atoms with Gasteiger partial charge in [0.05, 0.1) is 35.4 Å². The number of aromatic nitrogens is 2. The second kappa shape index (κ2) is 8.67. The molecule has 0 spiro atoms. The van der Waals surface area contributed by atoms with Crippen LogP contribution in [0.1, 0.15) is 11.1 Å². The maximum absolute atomic E-state index is 12.8. The number of nitrogens with zero attached hydrogens (tertiary/aromatic N) is 2. The van der Waals surface area contributed by atoms with E-state index in [9.17, 15) is 26.4 Å². The Hall–Kier alpha value is -3.18. The molecule has 30 heavy (non-hydrogen) atoms. The third-order valence-electron chi connectivity index (χ3n) is 4.00. The first kappa shape index (κ1) is 21.5. The summed E-state index contributed by atoms with van der Waals surface area (Å²) in [5.41, 5.74) is 0.266. The molecule has 0 saturated carbocycles. The highest BCUT2D eigenvalue weighted by Gasteiger charge is 2.31. The van der Waals surface area contributed by atoms with Gasteiger partial charge in [-0.2, -0.15) is 18.3 Å². The lowest BCUT2D eigenvalue weighted by Crippen LogP contribution is -2.33. The summed E-state index contributed by atoms with van der Waals surface area (Å²) in [4.78, 5) is 11.4. The molecule has 158 valence electrons. The van der Waals surface area contributed by atoms with Gasteiger partial charge in [-0.15, -0.1) is 0 Å². The van der Waals surface area contributed by atoms with Crippen LogP contribution in [-0.4, -0.2) is 30.7 Å². The van der Waals surface area contributed by atoms with Crippen molar-refractivity contribution in [1.29, 1.82) is 0 Å². The molecule has 7 nitrogen and oxygen atoms in total. The van der Waals surface area contributed by atoms with Crippen LogP contribution >= 0.6 is 0 Å². The fourth-order valence-corrected chi connectivity index (χ4v) is 3.60. The van der Waals surface area contributed by atoms with E-state index in [2.05, 4.69) is 10.4 Å². The summed E-state index contributed by atoms with van der Waals surface area (Å²) in [7, 11) is -4.30. The maximum Gasteiger partial charge on any atom is 0.416 e. The van der Waals surface area contributed by atoms with E-state index in [-0.39, 0.29) is 0 Å². The third kappa shape index (κ3) is 5.67. The average Bonchev–Trinajstić information content (AvgIpc) is 3.13. The first-order valence-corrected chi connectivity index (χ1v) is 10.1. The number of carbonyl (C=O) groups excluding carboxylic acids is 1. The van der Waals surface area contributed by atoms with Crippen molar-refractivity contribution in [2.24, 2.45) is 0 Å². The van der Waals surface area contributed by atoms with Crippen molar-refractivity contribution in [2.45, 2.75) is 17.6 Å². The fraction of sp³-hybridized carbons (Fsp3) is 0.158. The Labute approximate surface area is 170 Å². The number of rotatable bonds is 7. The molecule has 3 rings (SSSR count). The molecular formula is C19H17F3N4O3S. The first-order valence-electron chi connectivity index (χ1n) is 8.67. The summed E-state index contributed by atoms with van der Waals surface area (Å²) < 4.78 is 66.3. The lowest BCUT2D eigenvalue weighted by atomic mass is 10.2. The molecule has 0 bridgehead atoms. The molecule has 0 aliphatic carbocycles. The van der Waals surface area contributed by atoms with Gasteiger partial charge in [-0.05, 0) is 23.8 Å². The van der Waals surface area contributed by atoms with Crippen LogP contribution in [0, 0.1) is 0 Å². The lowest BCUT2D eigenvalue weighted by molar-refractivity contribution is -0.137. The van der Waals surface area contributed by atoms with E-state index in [1.807, 2.05) is 35.1 Å². The number of nitrogens with one attached hydrogen (secondary N) is 2. The lowest BCUT2D eigenvalue weighted by Gasteiger charge is -2.10. The Morgan fingerprint density at radius 2 is 1.80 bits per heavy atom. The number of halogens is 3. The number of hydrogen-bond donors (Lipinski definition) is 2. The predicted molar refractivity (Wildman–Crippen MR) is 103 cm³/mol. The molecule has 1 heterocycles. The Morgan fingerprint density at radius 3 is 2.50 bits per heavy atom. The quantitative estimate of drug-likeness (QED) is 0.593. The van der Waals surface area contributed by atoms with Crippen LogP contribution in [0.4, 0.5) is 18.9 Å². The number of amides is 1. The molecule has 0 aliphatic rings. The van der Waals surface area contributed by atoms with Crippen LogP contribution in [0.25, 0.3) is 0 Å². The third-order valence-corrected chi connectivity index (χ3v) is 5.40. The van der Waals surface area contributed by atoms with Crippen LogP contribution < -0.4 is 10.0 Å². The van der Waals surface area contributed by atoms with E-state index in [0.717, 1.165) is 23.8 Å². The van der Waals surface area contributed by atoms with E-state index in [1.165, 1.54) is 6.20 Å². The predicted octanol–water partition coefficient (Wildman–Crippen LogP) is 2.87. The van der Waals surface area contributed by atoms with Gasteiger partial charge in [-0.1, -0.05) is 36.4 Å². The van der Waals surface area contributed by atoms with Crippen molar-refractivity contribution >= 4 is 21.6 Å². The summed E-state index contributed by atoms with van der Waals surface area (Å²) in [5.74, 6) is -0.690. The monoisotopic (exact) mass is 438 g/mol. The highest BCUT2D eigenvalue weighted by molar-refractivity contribution is 7.89. The smallest absolute Gasteiger partial charge is 0.322 e. The van der Waals surface area contributed by atoms with E-state index in [0.29, 0.717) is 18.3 Å². The van der Waals surface area contributed by atoms with Crippen molar-refractivity contribution < 1.29 is 26.4 Å². The van der Waals surface area contributed by atoms with E-state index in [1.54, 1.807) is 10.9 Å². The zero-order chi connectivity index (χ0) is 21.8. The molecule has 11 heteroatoms. The highest BCUT2D eigenvalue weighted by Crippen LogP contribution is 2.30. The van der Waals surface area contributed by atoms with Gasteiger partial charge < -0.3 is 5.32 Å². The maximum atomic E-state index is 12.8. The molecule has 0 radical (unpaired) electrons. The van der Waals surface area contributed by atoms with Gasteiger partial charge in [0, 0.05) is 6.20 Å². The van der Waals surface area contributed by atoms with Crippen molar-refractivity contribution in [3.8, 4) is 0 Å². The van der Waals surface area contributed by atoms with Gasteiger partial charge in [0.2, 0.25) is 15.9 Å². The second-order valence-electron chi connectivity index (χ2n) is 6.31. The van der Waals surface area contributed by atoms with Gasteiger partial charge in [0.15, 0.2) is 0 Å². The standard InChI is InChI=1S/C19H17F3N4O3S/c20-19(21,22)15-7-4-8-17(9-15)30(28,29)24-11-18(27)25-16-10-23-26(13-16)12-14-5-2-1-3-6-14/h1-10,13,24H,11-12H2,(H,25,27). The van der Waals surface area contributed by atoms with E-state index in [4.69, 9.17) is 0 Å². The van der Waals surface area contributed by atoms with Crippen molar-refractivity contribution in [3.63, 3.8) is 0 Å². The molecule has 0 fully saturated rings. The normalized spacial score (nSPS) is 12.0. The summed E-state index contributed by atoms with van der Waals surface area (Å²) in [5, 5.41) is 6.59. The summed E-state index contributed by atoms with van der Waals surface area (Å²) in [6, 6.07) is 12.8. The molecule has 0 atom stereocenters. The second-order valence-corrected chi connectivity index (χ2v) is 8.08. The minimum Gasteiger partial charge on any atom is -0.322 e. The topological polar surface area (TPSA) is 93.1 Å². The zero-order valence-electron chi connectivity index (χ0n) is 15.4. The van der Waals surface area contributed by atoms with Crippen LogP contribution in [-0.2, 0) is 27.5 Å². The Kier molecular flexibility index (Phi) is 6.22. The number of anilines is 1. The molecule has 3 aromatic rings. The zero-order valence-corrected chi connectivity index (χ0v) is 16.2. The van der Waals surface area contributed by atoms with Crippen LogP contribution in [0.2, 0.25) is 0 Å². The average molecular weight is 438 g/mol. The van der Waals surface area contributed by atoms with Crippen LogP contribution in [0.3, 0.4) is 0 Å². The molecule has 0 aliphatic heterocycles. The molecule has 2 N–H and O–H groups in total. The largest absolute Gasteiger partial charge is 0.416 e. The number of hydrogen-bond acceptors (Lipinski definition) is 4. The number of sulfonamides is 1. The van der Waals surface area contributed by atoms with Crippen molar-refractivity contribution in [1.82, 2.24) is 14.5 Å². The number of carbonyl (C=O) groups is 1. The van der Waals surface area contributed by atoms with Crippen LogP contribution in [0.15, 0.2) is 71.9 Å². The molecule has 1 amide bonds. The van der Waals surface area contributed by atoms with Gasteiger partial charge in [-0.3, -0.25) is 9.48 Å². The highest BCUT2D eigenvalue weighted by atomic mass is 32.2. The minimum atomic E-state index is -4.68. The van der Waals surface area contributed by atoms with Gasteiger partial charge >= 0.3 is 6.18 Å². The summed E-state index contributed by atoms with van der Waals surface area (Å²) in [6.07, 6.45) is -1.70. The Balaban J connectivity index is 1.58. The number of alkyl halides is 3. The summed E-state index contributed by atoms with van der Waals surface area (Å²) in [6.45, 7) is -0.165. The van der Waals surface area contributed by atoms with Crippen molar-refractivity contribution in [2.75, 3.05) is 11.9 Å². The van der Waals surface area contributed by atoms with E-state index >= 15 is 0 Å². The van der Waals surface area contributed by atoms with Gasteiger partial charge in [0.1, 0.15) is 0 Å². The van der Waals surface area contributed by atoms with Gasteiger partial charge in [0.25, 0.3) is 0 Å². The fourth-order valence-electron chi connectivity index (χ4n) is 2.57. The van der Waals surface area contributed by atoms with Gasteiger partial charge in [-0.25, -0.2) is 13.1 Å². The molecule has 0 unspecified atom stereocenters.